The van der Waals surface area contributed by atoms with Gasteiger partial charge in [0.15, 0.2) is 0 Å². The minimum Gasteiger partial charge on any atom is -0.310 e. The van der Waals surface area contributed by atoms with Gasteiger partial charge in [0.2, 0.25) is 0 Å². The Bertz CT molecular complexity index is 115. The van der Waals surface area contributed by atoms with Gasteiger partial charge in [0, 0.05) is 0 Å². The van der Waals surface area contributed by atoms with Crippen molar-refractivity contribution in [2.75, 3.05) is 6.61 Å². The highest BCUT2D eigenvalue weighted by Crippen LogP contribution is 2.42. The molecule has 0 bridgehead atoms. The van der Waals surface area contributed by atoms with Crippen LogP contribution in [0.25, 0.3) is 0 Å². The number of unbranched alkanes of at least 4 members (excludes halogenated alkanes) is 5. The van der Waals surface area contributed by atoms with Crippen LogP contribution < -0.4 is 0 Å². The van der Waals surface area contributed by atoms with Gasteiger partial charge in [-0.2, -0.15) is 8.15 Å². The second-order valence-electron chi connectivity index (χ2n) is 2.96. The average Bonchev–Trinajstić information content (AvgIpc) is 2.22. The molecule has 0 saturated heterocycles. The first-order valence-corrected chi connectivity index (χ1v) is 6.56. The first-order valence-electron chi connectivity index (χ1n) is 4.85. The van der Waals surface area contributed by atoms with Crippen molar-refractivity contribution in [3.05, 3.63) is 0 Å². The van der Waals surface area contributed by atoms with Gasteiger partial charge in [-0.1, -0.05) is 39.0 Å². The molecule has 0 aliphatic carbocycles. The van der Waals surface area contributed by atoms with E-state index >= 15 is 0 Å². The third-order valence-electron chi connectivity index (χ3n) is 1.81. The van der Waals surface area contributed by atoms with Crippen molar-refractivity contribution in [3.8, 4) is 0 Å². The highest BCUT2D eigenvalue weighted by molar-refractivity contribution is 7.43. The van der Waals surface area contributed by atoms with E-state index in [-0.39, 0.29) is 0 Å². The van der Waals surface area contributed by atoms with Crippen molar-refractivity contribution in [3.63, 3.8) is 0 Å². The van der Waals surface area contributed by atoms with E-state index in [1.165, 1.54) is 25.7 Å². The van der Waals surface area contributed by atoms with Gasteiger partial charge in [-0.3, -0.25) is 0 Å². The predicted molar refractivity (Wildman–Crippen MR) is 60.1 cm³/mol. The van der Waals surface area contributed by atoms with Crippen LogP contribution in [0, 0.1) is 0 Å². The maximum Gasteiger partial charge on any atom is 0.368 e. The van der Waals surface area contributed by atoms with Gasteiger partial charge < -0.3 is 4.52 Å². The van der Waals surface area contributed by atoms with E-state index in [0.717, 1.165) is 12.8 Å². The Balaban J connectivity index is 3.04. The van der Waals surface area contributed by atoms with Crippen LogP contribution in [-0.4, -0.2) is 6.61 Å². The Kier molecular flexibility index (Phi) is 12.7. The molecule has 0 fully saturated rings. The summed E-state index contributed by atoms with van der Waals surface area (Å²) in [6.45, 7) is 2.78. The number of halogens is 2. The normalized spacial score (nSPS) is 11.1. The van der Waals surface area contributed by atoms with Crippen LogP contribution >= 0.6 is 32.3 Å². The van der Waals surface area contributed by atoms with Crippen molar-refractivity contribution in [1.82, 2.24) is 0 Å². The summed E-state index contributed by atoms with van der Waals surface area (Å²) in [6, 6.07) is 0. The Morgan fingerprint density at radius 2 is 1.50 bits per heavy atom. The van der Waals surface area contributed by atoms with Gasteiger partial charge in [0.25, 0.3) is 0 Å². The molecule has 0 amide bonds. The van der Waals surface area contributed by atoms with E-state index in [2.05, 4.69) is 15.1 Å². The zero-order valence-corrected chi connectivity index (χ0v) is 10.8. The van der Waals surface area contributed by atoms with Gasteiger partial charge in [-0.25, -0.2) is 0 Å². The highest BCUT2D eigenvalue weighted by Gasteiger charge is 2.09. The van der Waals surface area contributed by atoms with Crippen LogP contribution in [0.5, 0.6) is 0 Å². The predicted octanol–water partition coefficient (Wildman–Crippen LogP) is 4.93. The van der Waals surface area contributed by atoms with E-state index < -0.39 is 8.60 Å². The SMILES string of the molecule is CCCCCCCCOP(OCl)OCl. The maximum atomic E-state index is 5.10. The molecular weight excluding hydrogens is 246 g/mol. The molecule has 0 aromatic heterocycles. The molecule has 6 heteroatoms. The van der Waals surface area contributed by atoms with Crippen molar-refractivity contribution in [2.24, 2.45) is 0 Å². The number of rotatable bonds is 10. The summed E-state index contributed by atoms with van der Waals surface area (Å²) in [5.74, 6) is 0. The van der Waals surface area contributed by atoms with E-state index in [1.807, 2.05) is 0 Å². The molecule has 0 rings (SSSR count). The lowest BCUT2D eigenvalue weighted by Crippen LogP contribution is -1.90. The van der Waals surface area contributed by atoms with Crippen LogP contribution in [0.1, 0.15) is 45.4 Å². The van der Waals surface area contributed by atoms with Crippen LogP contribution in [-0.2, 0) is 12.7 Å². The molecular formula is C8H17Cl2O3P. The maximum absolute atomic E-state index is 5.10. The smallest absolute Gasteiger partial charge is 0.310 e. The van der Waals surface area contributed by atoms with Crippen LogP contribution in [0.3, 0.4) is 0 Å². The molecule has 0 atom stereocenters. The zero-order chi connectivity index (χ0) is 10.6. The summed E-state index contributed by atoms with van der Waals surface area (Å²) >= 11 is 10.1. The van der Waals surface area contributed by atoms with Crippen molar-refractivity contribution >= 4 is 32.3 Å². The second kappa shape index (κ2) is 12.0. The van der Waals surface area contributed by atoms with E-state index in [4.69, 9.17) is 28.3 Å². The van der Waals surface area contributed by atoms with E-state index in [1.54, 1.807) is 0 Å². The van der Waals surface area contributed by atoms with E-state index in [9.17, 15) is 0 Å². The van der Waals surface area contributed by atoms with Crippen LogP contribution in [0.15, 0.2) is 0 Å². The molecule has 0 aromatic carbocycles. The lowest BCUT2D eigenvalue weighted by atomic mass is 10.1. The molecule has 0 radical (unpaired) electrons. The molecule has 0 unspecified atom stereocenters. The third kappa shape index (κ3) is 9.45. The van der Waals surface area contributed by atoms with Gasteiger partial charge in [-0.05, 0) is 6.42 Å². The molecule has 14 heavy (non-hydrogen) atoms. The van der Waals surface area contributed by atoms with Crippen molar-refractivity contribution in [2.45, 2.75) is 45.4 Å². The first-order chi connectivity index (χ1) is 6.85. The monoisotopic (exact) mass is 262 g/mol. The third-order valence-corrected chi connectivity index (χ3v) is 3.10. The summed E-state index contributed by atoms with van der Waals surface area (Å²) in [6.07, 6.45) is 7.27. The van der Waals surface area contributed by atoms with Crippen LogP contribution in [0.4, 0.5) is 0 Å². The molecule has 0 saturated carbocycles. The van der Waals surface area contributed by atoms with Gasteiger partial charge >= 0.3 is 8.60 Å². The largest absolute Gasteiger partial charge is 0.368 e. The fourth-order valence-electron chi connectivity index (χ4n) is 1.07. The minimum atomic E-state index is -1.55. The topological polar surface area (TPSA) is 27.7 Å². The second-order valence-corrected chi connectivity index (χ2v) is 4.77. The molecule has 0 aliphatic heterocycles. The summed E-state index contributed by atoms with van der Waals surface area (Å²) in [4.78, 5) is 0. The lowest BCUT2D eigenvalue weighted by molar-refractivity contribution is 0.268. The standard InChI is InChI=1S/C8H17Cl2O3P/c1-2-3-4-5-6-7-8-11-14(12-9)13-10/h2-8H2,1H3. The fraction of sp³-hybridized carbons (Fsp3) is 1.00. The van der Waals surface area contributed by atoms with Gasteiger partial charge in [0.05, 0.1) is 30.3 Å². The van der Waals surface area contributed by atoms with Crippen molar-refractivity contribution in [1.29, 1.82) is 0 Å². The van der Waals surface area contributed by atoms with Crippen molar-refractivity contribution < 1.29 is 12.7 Å². The quantitative estimate of drug-likeness (QED) is 0.413. The average molecular weight is 263 g/mol. The molecule has 0 aliphatic rings. The minimum absolute atomic E-state index is 0.581. The van der Waals surface area contributed by atoms with E-state index in [0.29, 0.717) is 6.61 Å². The number of hydrogen-bond donors (Lipinski definition) is 0. The summed E-state index contributed by atoms with van der Waals surface area (Å²) in [5.41, 5.74) is 0. The first kappa shape index (κ1) is 14.9. The van der Waals surface area contributed by atoms with Gasteiger partial charge in [-0.15, -0.1) is 0 Å². The molecule has 86 valence electrons. The number of hydrogen-bond acceptors (Lipinski definition) is 3. The molecule has 0 aromatic rings. The lowest BCUT2D eigenvalue weighted by Gasteiger charge is -2.07. The van der Waals surface area contributed by atoms with Gasteiger partial charge in [0.1, 0.15) is 0 Å². The van der Waals surface area contributed by atoms with Crippen LogP contribution in [0.2, 0.25) is 0 Å². The summed E-state index contributed by atoms with van der Waals surface area (Å²) in [5, 5.41) is 0. The summed E-state index contributed by atoms with van der Waals surface area (Å²) in [7, 11) is -1.55. The molecule has 0 N–H and O–H groups in total. The highest BCUT2D eigenvalue weighted by atomic mass is 35.5. The Morgan fingerprint density at radius 3 is 2.07 bits per heavy atom. The Morgan fingerprint density at radius 1 is 0.929 bits per heavy atom. The fourth-order valence-corrected chi connectivity index (χ4v) is 1.95. The molecule has 3 nitrogen and oxygen atoms in total. The molecule has 0 heterocycles. The Hall–Kier alpha value is 0.890. The summed E-state index contributed by atoms with van der Waals surface area (Å²) < 4.78 is 13.7. The molecule has 0 spiro atoms. The zero-order valence-electron chi connectivity index (χ0n) is 8.38. The Labute approximate surface area is 97.3 Å².